The second-order valence-electron chi connectivity index (χ2n) is 6.73. The van der Waals surface area contributed by atoms with Gasteiger partial charge in [0.05, 0.1) is 11.6 Å². The first-order valence-electron chi connectivity index (χ1n) is 9.39. The van der Waals surface area contributed by atoms with Gasteiger partial charge in [-0.25, -0.2) is 14.5 Å². The van der Waals surface area contributed by atoms with Crippen LogP contribution in [0.1, 0.15) is 60.8 Å². The van der Waals surface area contributed by atoms with Crippen LogP contribution in [0.5, 0.6) is 0 Å². The minimum absolute atomic E-state index is 0.260. The van der Waals surface area contributed by atoms with Crippen molar-refractivity contribution >= 4 is 5.97 Å². The van der Waals surface area contributed by atoms with Crippen LogP contribution in [0.25, 0.3) is 11.1 Å². The van der Waals surface area contributed by atoms with E-state index in [4.69, 9.17) is 0 Å². The molecule has 0 radical (unpaired) electrons. The molecule has 1 heterocycles. The fourth-order valence-electron chi connectivity index (χ4n) is 3.13. The molecule has 0 saturated carbocycles. The molecule has 5 heteroatoms. The van der Waals surface area contributed by atoms with E-state index in [0.29, 0.717) is 12.0 Å². The molecule has 5 nitrogen and oxygen atoms in total. The van der Waals surface area contributed by atoms with Crippen LogP contribution in [-0.2, 0) is 12.8 Å². The number of aromatic carboxylic acids is 1. The second kappa shape index (κ2) is 8.16. The van der Waals surface area contributed by atoms with Crippen LogP contribution in [0.2, 0.25) is 0 Å². The Kier molecular flexibility index (Phi) is 5.69. The third-order valence-corrected chi connectivity index (χ3v) is 4.83. The van der Waals surface area contributed by atoms with E-state index in [2.05, 4.69) is 23.9 Å². The van der Waals surface area contributed by atoms with E-state index < -0.39 is 5.97 Å². The summed E-state index contributed by atoms with van der Waals surface area (Å²) in [6.45, 7) is 6.29. The van der Waals surface area contributed by atoms with Gasteiger partial charge in [0.25, 0.3) is 0 Å². The third-order valence-electron chi connectivity index (χ3n) is 4.83. The van der Waals surface area contributed by atoms with Gasteiger partial charge in [0.15, 0.2) is 5.82 Å². The molecule has 0 saturated heterocycles. The number of carbonyl (C=O) groups is 1. The monoisotopic (exact) mass is 363 g/mol. The van der Waals surface area contributed by atoms with E-state index in [1.807, 2.05) is 54.1 Å². The summed E-state index contributed by atoms with van der Waals surface area (Å²) in [5, 5.41) is 14.3. The number of carboxylic acids is 1. The van der Waals surface area contributed by atoms with Gasteiger partial charge in [0, 0.05) is 12.8 Å². The normalized spacial score (nSPS) is 12.1. The molecule has 3 aromatic rings. The Labute approximate surface area is 159 Å². The Morgan fingerprint density at radius 2 is 1.89 bits per heavy atom. The Balaban J connectivity index is 1.98. The minimum Gasteiger partial charge on any atom is -0.478 e. The molecule has 27 heavy (non-hydrogen) atoms. The maximum Gasteiger partial charge on any atom is 0.336 e. The van der Waals surface area contributed by atoms with Crippen LogP contribution in [0.3, 0.4) is 0 Å². The Morgan fingerprint density at radius 3 is 2.52 bits per heavy atom. The van der Waals surface area contributed by atoms with Crippen LogP contribution in [0, 0.1) is 0 Å². The molecular weight excluding hydrogens is 338 g/mol. The zero-order valence-corrected chi connectivity index (χ0v) is 16.0. The zero-order chi connectivity index (χ0) is 19.4. The van der Waals surface area contributed by atoms with Crippen molar-refractivity contribution in [3.8, 4) is 11.1 Å². The van der Waals surface area contributed by atoms with Gasteiger partial charge in [-0.3, -0.25) is 0 Å². The number of hydrogen-bond acceptors (Lipinski definition) is 3. The van der Waals surface area contributed by atoms with Gasteiger partial charge in [-0.2, -0.15) is 5.10 Å². The third kappa shape index (κ3) is 4.08. The topological polar surface area (TPSA) is 68.0 Å². The summed E-state index contributed by atoms with van der Waals surface area (Å²) in [6, 6.07) is 15.5. The summed E-state index contributed by atoms with van der Waals surface area (Å²) in [6.07, 6.45) is 2.31. The van der Waals surface area contributed by atoms with Crippen molar-refractivity contribution < 1.29 is 9.90 Å². The molecule has 140 valence electrons. The highest BCUT2D eigenvalue weighted by molar-refractivity contribution is 5.96. The van der Waals surface area contributed by atoms with E-state index in [0.717, 1.165) is 41.2 Å². The second-order valence-corrected chi connectivity index (χ2v) is 6.73. The molecule has 0 aliphatic heterocycles. The lowest BCUT2D eigenvalue weighted by atomic mass is 9.96. The molecular formula is C22H25N3O2. The van der Waals surface area contributed by atoms with E-state index in [1.165, 1.54) is 0 Å². The average Bonchev–Trinajstić information content (AvgIpc) is 3.11. The van der Waals surface area contributed by atoms with Crippen LogP contribution < -0.4 is 0 Å². The molecule has 0 spiro atoms. The molecule has 2 aromatic carbocycles. The van der Waals surface area contributed by atoms with E-state index in [1.54, 1.807) is 6.07 Å². The van der Waals surface area contributed by atoms with Crippen molar-refractivity contribution in [2.75, 3.05) is 0 Å². The first-order chi connectivity index (χ1) is 13.0. The maximum atomic E-state index is 11.8. The minimum atomic E-state index is -0.923. The number of benzene rings is 2. The fraction of sp³-hybridized carbons (Fsp3) is 0.318. The van der Waals surface area contributed by atoms with Crippen molar-refractivity contribution in [2.24, 2.45) is 0 Å². The molecule has 1 N–H and O–H groups in total. The van der Waals surface area contributed by atoms with Gasteiger partial charge < -0.3 is 5.11 Å². The number of carboxylic acid groups (broad SMARTS) is 1. The van der Waals surface area contributed by atoms with E-state index >= 15 is 0 Å². The standard InChI is InChI=1S/C22H25N3O2/c1-4-15(3)25-21(23-20(5-2)24-25)14-16-11-12-18(19(13-16)22(26)27)17-9-7-6-8-10-17/h6-13,15H,4-5,14H2,1-3H3,(H,26,27). The Hall–Kier alpha value is -2.95. The predicted octanol–water partition coefficient (Wildman–Crippen LogP) is 4.77. The number of aryl methyl sites for hydroxylation is 1. The summed E-state index contributed by atoms with van der Waals surface area (Å²) in [5.41, 5.74) is 2.86. The molecule has 3 rings (SSSR count). The van der Waals surface area contributed by atoms with Gasteiger partial charge >= 0.3 is 5.97 Å². The van der Waals surface area contributed by atoms with Crippen LogP contribution >= 0.6 is 0 Å². The molecule has 1 unspecified atom stereocenters. The molecule has 0 amide bonds. The summed E-state index contributed by atoms with van der Waals surface area (Å²) in [5.74, 6) is 0.781. The van der Waals surface area contributed by atoms with Gasteiger partial charge in [0.2, 0.25) is 0 Å². The van der Waals surface area contributed by atoms with Crippen molar-refractivity contribution in [3.63, 3.8) is 0 Å². The summed E-state index contributed by atoms with van der Waals surface area (Å²) in [4.78, 5) is 16.5. The highest BCUT2D eigenvalue weighted by Crippen LogP contribution is 2.26. The summed E-state index contributed by atoms with van der Waals surface area (Å²) >= 11 is 0. The average molecular weight is 363 g/mol. The van der Waals surface area contributed by atoms with E-state index in [-0.39, 0.29) is 6.04 Å². The van der Waals surface area contributed by atoms with Gasteiger partial charge in [-0.15, -0.1) is 0 Å². The highest BCUT2D eigenvalue weighted by atomic mass is 16.4. The van der Waals surface area contributed by atoms with Crippen LogP contribution in [-0.4, -0.2) is 25.8 Å². The number of rotatable bonds is 7. The largest absolute Gasteiger partial charge is 0.478 e. The molecule has 1 atom stereocenters. The lowest BCUT2D eigenvalue weighted by Crippen LogP contribution is -2.11. The number of nitrogens with zero attached hydrogens (tertiary/aromatic N) is 3. The molecule has 0 bridgehead atoms. The summed E-state index contributed by atoms with van der Waals surface area (Å²) < 4.78 is 1.98. The maximum absolute atomic E-state index is 11.8. The van der Waals surface area contributed by atoms with Crippen LogP contribution in [0.15, 0.2) is 48.5 Å². The Morgan fingerprint density at radius 1 is 1.15 bits per heavy atom. The predicted molar refractivity (Wildman–Crippen MR) is 106 cm³/mol. The number of aromatic nitrogens is 3. The summed E-state index contributed by atoms with van der Waals surface area (Å²) in [7, 11) is 0. The smallest absolute Gasteiger partial charge is 0.336 e. The van der Waals surface area contributed by atoms with Crippen molar-refractivity contribution in [1.82, 2.24) is 14.8 Å². The molecule has 0 fully saturated rings. The number of hydrogen-bond donors (Lipinski definition) is 1. The Bertz CT molecular complexity index is 932. The van der Waals surface area contributed by atoms with Gasteiger partial charge in [-0.1, -0.05) is 56.3 Å². The lowest BCUT2D eigenvalue weighted by Gasteiger charge is -2.13. The quantitative estimate of drug-likeness (QED) is 0.657. The molecule has 0 aliphatic carbocycles. The van der Waals surface area contributed by atoms with Gasteiger partial charge in [0.1, 0.15) is 5.82 Å². The first kappa shape index (κ1) is 18.8. The molecule has 1 aromatic heterocycles. The van der Waals surface area contributed by atoms with E-state index in [9.17, 15) is 9.90 Å². The molecule has 0 aliphatic rings. The van der Waals surface area contributed by atoms with Crippen molar-refractivity contribution in [2.45, 2.75) is 46.1 Å². The van der Waals surface area contributed by atoms with Gasteiger partial charge in [-0.05, 0) is 36.1 Å². The first-order valence-corrected chi connectivity index (χ1v) is 9.39. The fourth-order valence-corrected chi connectivity index (χ4v) is 3.13. The van der Waals surface area contributed by atoms with Crippen molar-refractivity contribution in [3.05, 3.63) is 71.3 Å². The van der Waals surface area contributed by atoms with Crippen molar-refractivity contribution in [1.29, 1.82) is 0 Å². The SMILES string of the molecule is CCc1nc(Cc2ccc(-c3ccccc3)c(C(=O)O)c2)n(C(C)CC)n1. The van der Waals surface area contributed by atoms with Crippen LogP contribution in [0.4, 0.5) is 0 Å². The zero-order valence-electron chi connectivity index (χ0n) is 16.0. The lowest BCUT2D eigenvalue weighted by molar-refractivity contribution is 0.0697. The highest BCUT2D eigenvalue weighted by Gasteiger charge is 2.17.